The summed E-state index contributed by atoms with van der Waals surface area (Å²) < 4.78 is 13.4. The highest BCUT2D eigenvalue weighted by Crippen LogP contribution is 2.23. The normalized spacial score (nSPS) is 20.6. The smallest absolute Gasteiger partial charge is 0.225 e. The van der Waals surface area contributed by atoms with Gasteiger partial charge in [-0.25, -0.2) is 4.39 Å². The van der Waals surface area contributed by atoms with E-state index < -0.39 is 11.9 Å². The Balaban J connectivity index is 2.18. The molecule has 0 bridgehead atoms. The summed E-state index contributed by atoms with van der Waals surface area (Å²) in [6.45, 7) is 0.352. The van der Waals surface area contributed by atoms with Gasteiger partial charge >= 0.3 is 0 Å². The molecule has 1 unspecified atom stereocenters. The molecule has 1 atom stereocenters. The van der Waals surface area contributed by atoms with Crippen molar-refractivity contribution < 1.29 is 14.3 Å². The van der Waals surface area contributed by atoms with Gasteiger partial charge in [0.1, 0.15) is 5.82 Å². The third-order valence-corrected chi connectivity index (χ3v) is 2.96. The Kier molecular flexibility index (Phi) is 3.12. The highest BCUT2D eigenvalue weighted by molar-refractivity contribution is 6.31. The maximum atomic E-state index is 13.4. The number of hydrogen-bond donors (Lipinski definition) is 1. The second-order valence-electron chi connectivity index (χ2n) is 3.83. The lowest BCUT2D eigenvalue weighted by Crippen LogP contribution is -2.25. The third kappa shape index (κ3) is 2.18. The average molecular weight is 244 g/mol. The molecule has 1 saturated heterocycles. The number of hydrogen-bond acceptors (Lipinski definition) is 2. The van der Waals surface area contributed by atoms with Crippen molar-refractivity contribution in [2.75, 3.05) is 6.54 Å². The molecule has 1 aliphatic heterocycles. The van der Waals surface area contributed by atoms with Crippen molar-refractivity contribution in [1.29, 1.82) is 0 Å². The molecule has 1 N–H and O–H groups in total. The van der Waals surface area contributed by atoms with E-state index in [9.17, 15) is 14.3 Å². The first kappa shape index (κ1) is 11.4. The van der Waals surface area contributed by atoms with Crippen molar-refractivity contribution in [1.82, 2.24) is 4.90 Å². The van der Waals surface area contributed by atoms with Gasteiger partial charge in [-0.1, -0.05) is 17.7 Å². The largest absolute Gasteiger partial charge is 0.391 e. The SMILES string of the molecule is O=C1CC(O)CN1Cc1c(F)cccc1Cl. The molecule has 5 heteroatoms. The van der Waals surface area contributed by atoms with Crippen LogP contribution in [0.25, 0.3) is 0 Å². The molecule has 1 fully saturated rings. The third-order valence-electron chi connectivity index (χ3n) is 2.60. The van der Waals surface area contributed by atoms with Gasteiger partial charge in [-0.15, -0.1) is 0 Å². The lowest BCUT2D eigenvalue weighted by Gasteiger charge is -2.16. The van der Waals surface area contributed by atoms with Crippen molar-refractivity contribution >= 4 is 17.5 Å². The Morgan fingerprint density at radius 1 is 1.56 bits per heavy atom. The van der Waals surface area contributed by atoms with Crippen molar-refractivity contribution in [3.8, 4) is 0 Å². The van der Waals surface area contributed by atoms with E-state index >= 15 is 0 Å². The topological polar surface area (TPSA) is 40.5 Å². The zero-order valence-electron chi connectivity index (χ0n) is 8.49. The van der Waals surface area contributed by atoms with Crippen LogP contribution in [-0.4, -0.2) is 28.6 Å². The Labute approximate surface area is 97.4 Å². The Morgan fingerprint density at radius 2 is 2.31 bits per heavy atom. The number of nitrogens with zero attached hydrogens (tertiary/aromatic N) is 1. The van der Waals surface area contributed by atoms with E-state index in [2.05, 4.69) is 0 Å². The summed E-state index contributed by atoms with van der Waals surface area (Å²) in [6.07, 6.45) is -0.551. The molecule has 1 amide bonds. The number of carbonyl (C=O) groups excluding carboxylic acids is 1. The monoisotopic (exact) mass is 243 g/mol. The molecule has 1 aromatic carbocycles. The second-order valence-corrected chi connectivity index (χ2v) is 4.24. The summed E-state index contributed by atoms with van der Waals surface area (Å²) in [5, 5.41) is 9.60. The van der Waals surface area contributed by atoms with Crippen LogP contribution in [0, 0.1) is 5.82 Å². The predicted octanol–water partition coefficient (Wildman–Crippen LogP) is 1.57. The minimum atomic E-state index is -0.655. The molecule has 0 aliphatic carbocycles. The molecular formula is C11H11ClFNO2. The van der Waals surface area contributed by atoms with Gasteiger partial charge in [0.15, 0.2) is 0 Å². The van der Waals surface area contributed by atoms with E-state index in [1.807, 2.05) is 0 Å². The van der Waals surface area contributed by atoms with Crippen LogP contribution in [0.15, 0.2) is 18.2 Å². The lowest BCUT2D eigenvalue weighted by molar-refractivity contribution is -0.128. The maximum absolute atomic E-state index is 13.4. The molecule has 86 valence electrons. The minimum Gasteiger partial charge on any atom is -0.391 e. The molecule has 0 aromatic heterocycles. The minimum absolute atomic E-state index is 0.103. The van der Waals surface area contributed by atoms with Gasteiger partial charge in [0.2, 0.25) is 5.91 Å². The second kappa shape index (κ2) is 4.39. The van der Waals surface area contributed by atoms with Gasteiger partial charge in [0, 0.05) is 17.1 Å². The fourth-order valence-electron chi connectivity index (χ4n) is 1.78. The molecule has 0 saturated carbocycles. The standard InChI is InChI=1S/C11H11ClFNO2/c12-9-2-1-3-10(13)8(9)6-14-5-7(15)4-11(14)16/h1-3,7,15H,4-6H2. The average Bonchev–Trinajstić information content (AvgIpc) is 2.51. The Hall–Kier alpha value is -1.13. The highest BCUT2D eigenvalue weighted by Gasteiger charge is 2.28. The van der Waals surface area contributed by atoms with E-state index in [0.29, 0.717) is 10.6 Å². The van der Waals surface area contributed by atoms with Crippen LogP contribution in [0.5, 0.6) is 0 Å². The molecule has 0 radical (unpaired) electrons. The number of halogens is 2. The fraction of sp³-hybridized carbons (Fsp3) is 0.364. The summed E-state index contributed by atoms with van der Waals surface area (Å²) in [5.41, 5.74) is 0.298. The lowest BCUT2D eigenvalue weighted by atomic mass is 10.2. The van der Waals surface area contributed by atoms with E-state index in [4.69, 9.17) is 11.6 Å². The molecule has 0 spiro atoms. The van der Waals surface area contributed by atoms with Crippen molar-refractivity contribution in [3.05, 3.63) is 34.6 Å². The van der Waals surface area contributed by atoms with E-state index in [1.54, 1.807) is 6.07 Å². The van der Waals surface area contributed by atoms with E-state index in [0.717, 1.165) is 0 Å². The number of β-amino-alcohol motifs (C(OH)–C–C–N with tert-alkyl or cyclic N) is 1. The van der Waals surface area contributed by atoms with Crippen LogP contribution in [0.3, 0.4) is 0 Å². The van der Waals surface area contributed by atoms with Crippen LogP contribution in [-0.2, 0) is 11.3 Å². The van der Waals surface area contributed by atoms with Crippen LogP contribution >= 0.6 is 11.6 Å². The molecular weight excluding hydrogens is 233 g/mol. The van der Waals surface area contributed by atoms with Gasteiger partial charge in [-0.05, 0) is 12.1 Å². The van der Waals surface area contributed by atoms with Gasteiger partial charge < -0.3 is 10.0 Å². The predicted molar refractivity (Wildman–Crippen MR) is 57.5 cm³/mol. The quantitative estimate of drug-likeness (QED) is 0.857. The zero-order chi connectivity index (χ0) is 11.7. The van der Waals surface area contributed by atoms with Crippen molar-refractivity contribution in [2.24, 2.45) is 0 Å². The summed E-state index contributed by atoms with van der Waals surface area (Å²) in [6, 6.07) is 4.40. The molecule has 1 aromatic rings. The maximum Gasteiger partial charge on any atom is 0.225 e. The Morgan fingerprint density at radius 3 is 2.88 bits per heavy atom. The molecule has 1 heterocycles. The molecule has 1 aliphatic rings. The van der Waals surface area contributed by atoms with Gasteiger partial charge in [-0.3, -0.25) is 4.79 Å². The van der Waals surface area contributed by atoms with Gasteiger partial charge in [0.05, 0.1) is 19.1 Å². The van der Waals surface area contributed by atoms with Crippen LogP contribution in [0.2, 0.25) is 5.02 Å². The van der Waals surface area contributed by atoms with Gasteiger partial charge in [-0.2, -0.15) is 0 Å². The number of aliphatic hydroxyl groups excluding tert-OH is 1. The number of carbonyl (C=O) groups is 1. The van der Waals surface area contributed by atoms with Crippen LogP contribution in [0.1, 0.15) is 12.0 Å². The first-order valence-corrected chi connectivity index (χ1v) is 5.34. The number of likely N-dealkylation sites (tertiary alicyclic amines) is 1. The molecule has 2 rings (SSSR count). The first-order chi connectivity index (χ1) is 7.58. The summed E-state index contributed by atoms with van der Waals surface area (Å²) >= 11 is 5.85. The number of benzene rings is 1. The van der Waals surface area contributed by atoms with Crippen molar-refractivity contribution in [3.63, 3.8) is 0 Å². The first-order valence-electron chi connectivity index (χ1n) is 4.96. The zero-order valence-corrected chi connectivity index (χ0v) is 9.25. The number of rotatable bonds is 2. The summed E-state index contributed by atoms with van der Waals surface area (Å²) in [4.78, 5) is 12.8. The van der Waals surface area contributed by atoms with E-state index in [1.165, 1.54) is 17.0 Å². The molecule has 3 nitrogen and oxygen atoms in total. The van der Waals surface area contributed by atoms with Crippen LogP contribution < -0.4 is 0 Å². The van der Waals surface area contributed by atoms with Gasteiger partial charge in [0.25, 0.3) is 0 Å². The van der Waals surface area contributed by atoms with E-state index in [-0.39, 0.29) is 25.4 Å². The van der Waals surface area contributed by atoms with Crippen molar-refractivity contribution in [2.45, 2.75) is 19.1 Å². The Bertz CT molecular complexity index is 404. The number of aliphatic hydroxyl groups is 1. The number of amides is 1. The van der Waals surface area contributed by atoms with Crippen LogP contribution in [0.4, 0.5) is 4.39 Å². The highest BCUT2D eigenvalue weighted by atomic mass is 35.5. The summed E-state index contributed by atoms with van der Waals surface area (Å²) in [7, 11) is 0. The fourth-order valence-corrected chi connectivity index (χ4v) is 2.00. The molecule has 16 heavy (non-hydrogen) atoms. The summed E-state index contributed by atoms with van der Waals surface area (Å²) in [5.74, 6) is -0.603.